The molecule has 2 atom stereocenters. The van der Waals surface area contributed by atoms with Gasteiger partial charge in [0.05, 0.1) is 5.92 Å². The van der Waals surface area contributed by atoms with Crippen molar-refractivity contribution >= 4 is 5.97 Å². The van der Waals surface area contributed by atoms with Crippen molar-refractivity contribution in [3.8, 4) is 0 Å². The normalized spacial score (nSPS) is 37.3. The molecule has 1 saturated carbocycles. The fraction of sp³-hybridized carbons (Fsp3) is 0.938. The summed E-state index contributed by atoms with van der Waals surface area (Å²) in [5.41, 5.74) is 0. The summed E-state index contributed by atoms with van der Waals surface area (Å²) >= 11 is 0. The number of hydrogen-bond donors (Lipinski definition) is 0. The van der Waals surface area contributed by atoms with E-state index in [-0.39, 0.29) is 18.0 Å². The minimum atomic E-state index is 0.111. The molecule has 2 unspecified atom stereocenters. The zero-order chi connectivity index (χ0) is 13.0. The third kappa shape index (κ3) is 3.27. The lowest BCUT2D eigenvalue weighted by atomic mass is 9.73. The van der Waals surface area contributed by atoms with E-state index >= 15 is 0 Å². The van der Waals surface area contributed by atoms with Crippen molar-refractivity contribution in [2.75, 3.05) is 0 Å². The van der Waals surface area contributed by atoms with Gasteiger partial charge in [-0.05, 0) is 43.9 Å². The second-order valence-corrected chi connectivity index (χ2v) is 6.22. The van der Waals surface area contributed by atoms with Crippen LogP contribution < -0.4 is 0 Å². The molecule has 2 fully saturated rings. The van der Waals surface area contributed by atoms with Crippen molar-refractivity contribution in [1.29, 1.82) is 0 Å². The topological polar surface area (TPSA) is 26.3 Å². The molecule has 0 spiro atoms. The minimum absolute atomic E-state index is 0.111. The first-order valence-electron chi connectivity index (χ1n) is 7.95. The summed E-state index contributed by atoms with van der Waals surface area (Å²) in [6, 6.07) is 0. The van der Waals surface area contributed by atoms with Gasteiger partial charge in [-0.15, -0.1) is 0 Å². The molecule has 0 aromatic heterocycles. The van der Waals surface area contributed by atoms with Crippen molar-refractivity contribution in [3.05, 3.63) is 0 Å². The Bertz CT molecular complexity index is 266. The van der Waals surface area contributed by atoms with Gasteiger partial charge in [0.2, 0.25) is 0 Å². The van der Waals surface area contributed by atoms with E-state index in [0.717, 1.165) is 31.6 Å². The van der Waals surface area contributed by atoms with Gasteiger partial charge in [-0.3, -0.25) is 4.79 Å². The van der Waals surface area contributed by atoms with E-state index < -0.39 is 0 Å². The number of rotatable bonds is 4. The smallest absolute Gasteiger partial charge is 0.309 e. The van der Waals surface area contributed by atoms with Crippen LogP contribution in [0.3, 0.4) is 0 Å². The number of carbonyl (C=O) groups excluding carboxylic acids is 1. The lowest BCUT2D eigenvalue weighted by Crippen LogP contribution is -2.36. The van der Waals surface area contributed by atoms with Gasteiger partial charge in [-0.1, -0.05) is 39.5 Å². The maximum atomic E-state index is 12.1. The third-order valence-electron chi connectivity index (χ3n) is 5.03. The Morgan fingerprint density at radius 3 is 2.33 bits per heavy atom. The van der Waals surface area contributed by atoms with Gasteiger partial charge in [-0.25, -0.2) is 0 Å². The molecular formula is C16H28O2. The lowest BCUT2D eigenvalue weighted by Gasteiger charge is -2.36. The maximum absolute atomic E-state index is 12.1. The van der Waals surface area contributed by atoms with Crippen molar-refractivity contribution < 1.29 is 9.53 Å². The molecule has 2 nitrogen and oxygen atoms in total. The van der Waals surface area contributed by atoms with Crippen molar-refractivity contribution in [1.82, 2.24) is 0 Å². The fourth-order valence-electron chi connectivity index (χ4n) is 3.75. The van der Waals surface area contributed by atoms with E-state index in [2.05, 4.69) is 13.8 Å². The molecule has 2 rings (SSSR count). The fourth-order valence-corrected chi connectivity index (χ4v) is 3.75. The second-order valence-electron chi connectivity index (χ2n) is 6.22. The summed E-state index contributed by atoms with van der Waals surface area (Å²) < 4.78 is 5.61. The molecule has 104 valence electrons. The van der Waals surface area contributed by atoms with Crippen LogP contribution in [0.25, 0.3) is 0 Å². The first kappa shape index (κ1) is 13.9. The van der Waals surface area contributed by atoms with Crippen LogP contribution in [-0.4, -0.2) is 12.1 Å². The first-order valence-corrected chi connectivity index (χ1v) is 7.95. The van der Waals surface area contributed by atoms with E-state index in [0.29, 0.717) is 5.92 Å². The molecule has 1 aliphatic carbocycles. The second kappa shape index (κ2) is 6.58. The zero-order valence-electron chi connectivity index (χ0n) is 12.0. The average molecular weight is 252 g/mol. The summed E-state index contributed by atoms with van der Waals surface area (Å²) in [5, 5.41) is 0. The van der Waals surface area contributed by atoms with Gasteiger partial charge in [0, 0.05) is 0 Å². The van der Waals surface area contributed by atoms with Crippen LogP contribution in [0, 0.1) is 17.8 Å². The van der Waals surface area contributed by atoms with Crippen molar-refractivity contribution in [3.63, 3.8) is 0 Å². The van der Waals surface area contributed by atoms with Crippen molar-refractivity contribution in [2.45, 2.75) is 77.7 Å². The van der Waals surface area contributed by atoms with Crippen LogP contribution in [0.15, 0.2) is 0 Å². The van der Waals surface area contributed by atoms with E-state index in [1.54, 1.807) is 0 Å². The molecule has 0 bridgehead atoms. The Kier molecular flexibility index (Phi) is 5.08. The highest BCUT2D eigenvalue weighted by molar-refractivity contribution is 5.73. The van der Waals surface area contributed by atoms with Crippen LogP contribution in [0.1, 0.15) is 71.6 Å². The third-order valence-corrected chi connectivity index (χ3v) is 5.03. The van der Waals surface area contributed by atoms with E-state index in [1.807, 2.05) is 0 Å². The van der Waals surface area contributed by atoms with Crippen LogP contribution >= 0.6 is 0 Å². The van der Waals surface area contributed by atoms with Gasteiger partial charge in [0.15, 0.2) is 0 Å². The Balaban J connectivity index is 1.82. The molecule has 0 radical (unpaired) electrons. The summed E-state index contributed by atoms with van der Waals surface area (Å²) in [6.07, 6.45) is 11.0. The summed E-state index contributed by atoms with van der Waals surface area (Å²) in [7, 11) is 0. The highest BCUT2D eigenvalue weighted by atomic mass is 16.5. The molecule has 1 aliphatic heterocycles. The molecule has 0 aromatic carbocycles. The molecule has 2 aliphatic rings. The Hall–Kier alpha value is -0.530. The standard InChI is InChI=1S/C16H28O2/c1-3-5-14-10-11-15(16(17)18-14)13-8-6-12(4-2)7-9-13/h12-15H,3-11H2,1-2H3. The van der Waals surface area contributed by atoms with Crippen LogP contribution in [-0.2, 0) is 9.53 Å². The van der Waals surface area contributed by atoms with Gasteiger partial charge >= 0.3 is 5.97 Å². The highest BCUT2D eigenvalue weighted by Crippen LogP contribution is 2.39. The Morgan fingerprint density at radius 1 is 1.06 bits per heavy atom. The number of hydrogen-bond acceptors (Lipinski definition) is 2. The average Bonchev–Trinajstić information content (AvgIpc) is 2.40. The first-order chi connectivity index (χ1) is 8.74. The van der Waals surface area contributed by atoms with E-state index in [9.17, 15) is 4.79 Å². The van der Waals surface area contributed by atoms with Crippen LogP contribution in [0.4, 0.5) is 0 Å². The van der Waals surface area contributed by atoms with Gasteiger partial charge < -0.3 is 4.74 Å². The summed E-state index contributed by atoms with van der Waals surface area (Å²) in [6.45, 7) is 4.45. The van der Waals surface area contributed by atoms with Gasteiger partial charge in [-0.2, -0.15) is 0 Å². The molecule has 1 heterocycles. The number of esters is 1. The van der Waals surface area contributed by atoms with Crippen LogP contribution in [0.5, 0.6) is 0 Å². The van der Waals surface area contributed by atoms with Crippen molar-refractivity contribution in [2.24, 2.45) is 17.8 Å². The molecular weight excluding hydrogens is 224 g/mol. The van der Waals surface area contributed by atoms with Gasteiger partial charge in [0.25, 0.3) is 0 Å². The maximum Gasteiger partial charge on any atom is 0.309 e. The molecule has 0 N–H and O–H groups in total. The summed E-state index contributed by atoms with van der Waals surface area (Å²) in [5.74, 6) is 1.85. The predicted molar refractivity (Wildman–Crippen MR) is 73.3 cm³/mol. The van der Waals surface area contributed by atoms with Crippen LogP contribution in [0.2, 0.25) is 0 Å². The monoisotopic (exact) mass is 252 g/mol. The predicted octanol–water partition coefficient (Wildman–Crippen LogP) is 4.32. The lowest BCUT2D eigenvalue weighted by molar-refractivity contribution is -0.164. The summed E-state index contributed by atoms with van der Waals surface area (Å²) in [4.78, 5) is 12.1. The Morgan fingerprint density at radius 2 is 1.78 bits per heavy atom. The molecule has 0 amide bonds. The number of carbonyl (C=O) groups is 1. The Labute approximate surface area is 111 Å². The zero-order valence-corrected chi connectivity index (χ0v) is 12.0. The van der Waals surface area contributed by atoms with E-state index in [4.69, 9.17) is 4.74 Å². The molecule has 2 heteroatoms. The quantitative estimate of drug-likeness (QED) is 0.696. The van der Waals surface area contributed by atoms with E-state index in [1.165, 1.54) is 32.1 Å². The SMILES string of the molecule is CCCC1CCC(C2CCC(CC)CC2)C(=O)O1. The largest absolute Gasteiger partial charge is 0.462 e. The highest BCUT2D eigenvalue weighted by Gasteiger charge is 2.36. The molecule has 0 aromatic rings. The number of cyclic esters (lactones) is 1. The molecule has 18 heavy (non-hydrogen) atoms. The minimum Gasteiger partial charge on any atom is -0.462 e. The van der Waals surface area contributed by atoms with Gasteiger partial charge in [0.1, 0.15) is 6.10 Å². The molecule has 1 saturated heterocycles. The number of ether oxygens (including phenoxy) is 1.